The summed E-state index contributed by atoms with van der Waals surface area (Å²) >= 11 is 0. The summed E-state index contributed by atoms with van der Waals surface area (Å²) in [6, 6.07) is 7.79. The molecule has 1 aliphatic rings. The van der Waals surface area contributed by atoms with Gasteiger partial charge in [0.15, 0.2) is 0 Å². The lowest BCUT2D eigenvalue weighted by molar-refractivity contribution is 0.255. The van der Waals surface area contributed by atoms with Gasteiger partial charge in [0.25, 0.3) is 0 Å². The first-order chi connectivity index (χ1) is 8.76. The number of benzene rings is 1. The molecule has 1 aromatic rings. The third kappa shape index (κ3) is 2.57. The summed E-state index contributed by atoms with van der Waals surface area (Å²) in [6.45, 7) is 1.09. The van der Waals surface area contributed by atoms with Gasteiger partial charge in [-0.3, -0.25) is 0 Å². The lowest BCUT2D eigenvalue weighted by Gasteiger charge is -2.31. The molecule has 0 radical (unpaired) electrons. The average Bonchev–Trinajstić information content (AvgIpc) is 2.64. The third-order valence-electron chi connectivity index (χ3n) is 3.58. The van der Waals surface area contributed by atoms with Crippen molar-refractivity contribution in [2.45, 2.75) is 31.7 Å². The number of nitriles is 1. The molecule has 4 heteroatoms. The summed E-state index contributed by atoms with van der Waals surface area (Å²) in [5.41, 5.74) is 7.74. The van der Waals surface area contributed by atoms with Crippen LogP contribution in [0.5, 0.6) is 0 Å². The quantitative estimate of drug-likeness (QED) is 0.780. The summed E-state index contributed by atoms with van der Waals surface area (Å²) in [4.78, 5) is 2.20. The minimum absolute atomic E-state index is 0.155. The monoisotopic (exact) mass is 245 g/mol. The molecule has 1 atom stereocenters. The number of anilines is 2. The number of hydrogen-bond acceptors (Lipinski definition) is 4. The molecule has 1 aromatic carbocycles. The molecule has 3 N–H and O–H groups in total. The number of nitrogen functional groups attached to an aromatic ring is 1. The highest BCUT2D eigenvalue weighted by Gasteiger charge is 2.21. The number of aliphatic hydroxyl groups excluding tert-OH is 1. The van der Waals surface area contributed by atoms with Crippen LogP contribution < -0.4 is 10.6 Å². The Labute approximate surface area is 108 Å². The molecule has 1 fully saturated rings. The van der Waals surface area contributed by atoms with E-state index < -0.39 is 0 Å². The van der Waals surface area contributed by atoms with E-state index in [1.54, 1.807) is 6.07 Å². The van der Waals surface area contributed by atoms with Gasteiger partial charge in [-0.1, -0.05) is 12.8 Å². The van der Waals surface area contributed by atoms with Crippen molar-refractivity contribution in [1.82, 2.24) is 0 Å². The van der Waals surface area contributed by atoms with E-state index in [-0.39, 0.29) is 12.6 Å². The molecule has 2 rings (SSSR count). The van der Waals surface area contributed by atoms with Crippen molar-refractivity contribution in [2.24, 2.45) is 0 Å². The van der Waals surface area contributed by atoms with Gasteiger partial charge in [0.05, 0.1) is 18.2 Å². The largest absolute Gasteiger partial charge is 0.398 e. The second kappa shape index (κ2) is 5.74. The first kappa shape index (κ1) is 12.7. The number of nitrogens with zero attached hydrogens (tertiary/aromatic N) is 2. The lowest BCUT2D eigenvalue weighted by Crippen LogP contribution is -2.37. The Bertz CT molecular complexity index is 453. The Hall–Kier alpha value is -1.73. The Balaban J connectivity index is 2.30. The van der Waals surface area contributed by atoms with E-state index in [1.807, 2.05) is 12.1 Å². The van der Waals surface area contributed by atoms with Gasteiger partial charge in [0.2, 0.25) is 0 Å². The molecule has 4 nitrogen and oxygen atoms in total. The second-order valence-corrected chi connectivity index (χ2v) is 4.76. The molecule has 0 aliphatic carbocycles. The SMILES string of the molecule is N#Cc1cc(N2CCCCCC2CO)ccc1N. The molecule has 18 heavy (non-hydrogen) atoms. The fraction of sp³-hybridized carbons (Fsp3) is 0.500. The molecule has 0 amide bonds. The van der Waals surface area contributed by atoms with Crippen molar-refractivity contribution in [1.29, 1.82) is 5.26 Å². The molecular formula is C14H19N3O. The van der Waals surface area contributed by atoms with Gasteiger partial charge in [-0.25, -0.2) is 0 Å². The average molecular weight is 245 g/mol. The number of hydrogen-bond donors (Lipinski definition) is 2. The normalized spacial score (nSPS) is 20.2. The smallest absolute Gasteiger partial charge is 0.101 e. The Morgan fingerprint density at radius 1 is 1.39 bits per heavy atom. The van der Waals surface area contributed by atoms with Gasteiger partial charge < -0.3 is 15.7 Å². The van der Waals surface area contributed by atoms with Gasteiger partial charge in [-0.15, -0.1) is 0 Å². The molecule has 0 saturated carbocycles. The van der Waals surface area contributed by atoms with Gasteiger partial charge in [0, 0.05) is 17.9 Å². The summed E-state index contributed by atoms with van der Waals surface area (Å²) < 4.78 is 0. The molecule has 1 unspecified atom stereocenters. The van der Waals surface area contributed by atoms with E-state index in [9.17, 15) is 5.11 Å². The molecule has 1 heterocycles. The summed E-state index contributed by atoms with van der Waals surface area (Å²) in [5.74, 6) is 0. The van der Waals surface area contributed by atoms with Gasteiger partial charge in [-0.05, 0) is 31.0 Å². The Kier molecular flexibility index (Phi) is 4.06. The molecule has 1 saturated heterocycles. The fourth-order valence-electron chi connectivity index (χ4n) is 2.53. The van der Waals surface area contributed by atoms with Crippen molar-refractivity contribution in [3.63, 3.8) is 0 Å². The van der Waals surface area contributed by atoms with Crippen LogP contribution in [0.1, 0.15) is 31.2 Å². The van der Waals surface area contributed by atoms with Gasteiger partial charge in [-0.2, -0.15) is 5.26 Å². The number of aliphatic hydroxyl groups is 1. The topological polar surface area (TPSA) is 73.3 Å². The van der Waals surface area contributed by atoms with Crippen molar-refractivity contribution in [3.8, 4) is 6.07 Å². The molecule has 0 aromatic heterocycles. The fourth-order valence-corrected chi connectivity index (χ4v) is 2.53. The maximum absolute atomic E-state index is 9.50. The molecule has 1 aliphatic heterocycles. The highest BCUT2D eigenvalue weighted by Crippen LogP contribution is 2.26. The molecule has 0 bridgehead atoms. The summed E-state index contributed by atoms with van der Waals surface area (Å²) in [5, 5.41) is 18.5. The number of nitrogens with two attached hydrogens (primary N) is 1. The molecule has 96 valence electrons. The van der Waals surface area contributed by atoms with Crippen LogP contribution in [0.25, 0.3) is 0 Å². The number of rotatable bonds is 2. The van der Waals surface area contributed by atoms with Crippen LogP contribution in [-0.4, -0.2) is 24.3 Å². The van der Waals surface area contributed by atoms with Gasteiger partial charge in [0.1, 0.15) is 6.07 Å². The van der Waals surface area contributed by atoms with Crippen LogP contribution in [0.4, 0.5) is 11.4 Å². The van der Waals surface area contributed by atoms with E-state index in [1.165, 1.54) is 6.42 Å². The predicted octanol–water partition coefficient (Wildman–Crippen LogP) is 1.88. The Morgan fingerprint density at radius 2 is 2.22 bits per heavy atom. The maximum atomic E-state index is 9.50. The standard InChI is InChI=1S/C14H19N3O/c15-9-11-8-12(5-6-14(11)16)17-7-3-1-2-4-13(17)10-18/h5-6,8,13,18H,1-4,7,10,16H2. The lowest BCUT2D eigenvalue weighted by atomic mass is 10.1. The second-order valence-electron chi connectivity index (χ2n) is 4.76. The van der Waals surface area contributed by atoms with Crippen molar-refractivity contribution in [2.75, 3.05) is 23.8 Å². The minimum Gasteiger partial charge on any atom is -0.398 e. The molecule has 0 spiro atoms. The van der Waals surface area contributed by atoms with Crippen molar-refractivity contribution in [3.05, 3.63) is 23.8 Å². The van der Waals surface area contributed by atoms with Crippen LogP contribution >= 0.6 is 0 Å². The van der Waals surface area contributed by atoms with Gasteiger partial charge >= 0.3 is 0 Å². The van der Waals surface area contributed by atoms with E-state index in [4.69, 9.17) is 11.0 Å². The van der Waals surface area contributed by atoms with Crippen LogP contribution in [0.2, 0.25) is 0 Å². The van der Waals surface area contributed by atoms with Crippen LogP contribution in [0.15, 0.2) is 18.2 Å². The maximum Gasteiger partial charge on any atom is 0.101 e. The summed E-state index contributed by atoms with van der Waals surface area (Å²) in [7, 11) is 0. The van der Waals surface area contributed by atoms with E-state index in [0.717, 1.165) is 31.5 Å². The zero-order valence-electron chi connectivity index (χ0n) is 10.5. The third-order valence-corrected chi connectivity index (χ3v) is 3.58. The van der Waals surface area contributed by atoms with Crippen LogP contribution in [0, 0.1) is 11.3 Å². The minimum atomic E-state index is 0.155. The summed E-state index contributed by atoms with van der Waals surface area (Å²) in [6.07, 6.45) is 4.49. The van der Waals surface area contributed by atoms with Crippen molar-refractivity contribution < 1.29 is 5.11 Å². The van der Waals surface area contributed by atoms with E-state index >= 15 is 0 Å². The predicted molar refractivity (Wildman–Crippen MR) is 72.3 cm³/mol. The van der Waals surface area contributed by atoms with E-state index in [2.05, 4.69) is 11.0 Å². The Morgan fingerprint density at radius 3 is 2.94 bits per heavy atom. The highest BCUT2D eigenvalue weighted by atomic mass is 16.3. The highest BCUT2D eigenvalue weighted by molar-refractivity contribution is 5.63. The zero-order chi connectivity index (χ0) is 13.0. The zero-order valence-corrected chi connectivity index (χ0v) is 10.5. The van der Waals surface area contributed by atoms with Crippen LogP contribution in [-0.2, 0) is 0 Å². The van der Waals surface area contributed by atoms with E-state index in [0.29, 0.717) is 11.3 Å². The van der Waals surface area contributed by atoms with Crippen LogP contribution in [0.3, 0.4) is 0 Å². The first-order valence-corrected chi connectivity index (χ1v) is 6.43. The molecular weight excluding hydrogens is 226 g/mol. The first-order valence-electron chi connectivity index (χ1n) is 6.43. The van der Waals surface area contributed by atoms with Crippen molar-refractivity contribution >= 4 is 11.4 Å².